The number of anilines is 1. The van der Waals surface area contributed by atoms with Crippen molar-refractivity contribution in [3.8, 4) is 5.75 Å². The number of carbonyl (C=O) groups excluding carboxylic acids is 1. The van der Waals surface area contributed by atoms with Crippen molar-refractivity contribution in [1.82, 2.24) is 14.8 Å². The van der Waals surface area contributed by atoms with Crippen LogP contribution in [0.1, 0.15) is 57.6 Å². The Morgan fingerprint density at radius 3 is 2.86 bits per heavy atom. The Labute approximate surface area is 178 Å². The fourth-order valence-electron chi connectivity index (χ4n) is 4.06. The second kappa shape index (κ2) is 8.57. The van der Waals surface area contributed by atoms with Gasteiger partial charge in [0.05, 0.1) is 12.2 Å². The second-order valence-corrected chi connectivity index (χ2v) is 8.29. The smallest absolute Gasteiger partial charge is 0.338 e. The van der Waals surface area contributed by atoms with E-state index < -0.39 is 6.04 Å². The van der Waals surface area contributed by atoms with Gasteiger partial charge in [-0.2, -0.15) is 10.1 Å². The molecule has 2 aliphatic rings. The van der Waals surface area contributed by atoms with Gasteiger partial charge in [-0.15, -0.1) is 0 Å². The maximum absolute atomic E-state index is 13.3. The summed E-state index contributed by atoms with van der Waals surface area (Å²) in [5.41, 5.74) is 2.09. The summed E-state index contributed by atoms with van der Waals surface area (Å²) in [5, 5.41) is 7.58. The molecule has 1 atom stereocenters. The molecule has 1 N–H and O–H groups in total. The number of fused-ring (bicyclic) bond motifs is 1. The number of carbonyl (C=O) groups is 1. The summed E-state index contributed by atoms with van der Waals surface area (Å²) >= 11 is 3.55. The van der Waals surface area contributed by atoms with E-state index in [4.69, 9.17) is 9.47 Å². The van der Waals surface area contributed by atoms with Gasteiger partial charge in [-0.1, -0.05) is 22.4 Å². The third kappa shape index (κ3) is 4.03. The number of nitrogens with zero attached hydrogens (tertiary/aromatic N) is 3. The molecule has 1 aromatic carbocycles. The van der Waals surface area contributed by atoms with Gasteiger partial charge in [0.25, 0.3) is 0 Å². The van der Waals surface area contributed by atoms with E-state index in [2.05, 4.69) is 31.3 Å². The number of aromatic nitrogens is 3. The van der Waals surface area contributed by atoms with Gasteiger partial charge in [-0.05, 0) is 57.7 Å². The molecule has 1 aliphatic heterocycles. The minimum Gasteiger partial charge on any atom is -0.494 e. The Morgan fingerprint density at radius 1 is 1.31 bits per heavy atom. The first-order valence-electron chi connectivity index (χ1n) is 10.1. The van der Waals surface area contributed by atoms with Crippen molar-refractivity contribution in [2.24, 2.45) is 0 Å². The summed E-state index contributed by atoms with van der Waals surface area (Å²) in [6.45, 7) is 4.34. The number of hydrogen-bond acceptors (Lipinski definition) is 6. The largest absolute Gasteiger partial charge is 0.494 e. The Balaban J connectivity index is 1.76. The highest BCUT2D eigenvalue weighted by atomic mass is 79.9. The Hall–Kier alpha value is -2.35. The zero-order chi connectivity index (χ0) is 20.4. The molecule has 1 aliphatic carbocycles. The molecule has 4 rings (SSSR count). The van der Waals surface area contributed by atoms with Crippen molar-refractivity contribution in [2.45, 2.75) is 58.1 Å². The van der Waals surface area contributed by atoms with Gasteiger partial charge in [0.15, 0.2) is 0 Å². The van der Waals surface area contributed by atoms with Gasteiger partial charge in [0, 0.05) is 15.7 Å². The summed E-state index contributed by atoms with van der Waals surface area (Å²) in [5.74, 6) is 0.986. The molecule has 0 radical (unpaired) electrons. The Morgan fingerprint density at radius 2 is 2.10 bits per heavy atom. The fraction of sp³-hybridized carbons (Fsp3) is 0.476. The number of benzene rings is 1. The van der Waals surface area contributed by atoms with Crippen molar-refractivity contribution in [2.75, 3.05) is 11.9 Å². The van der Waals surface area contributed by atoms with Crippen molar-refractivity contribution in [3.05, 3.63) is 45.8 Å². The van der Waals surface area contributed by atoms with Crippen LogP contribution in [-0.4, -0.2) is 33.4 Å². The van der Waals surface area contributed by atoms with Crippen LogP contribution in [0.3, 0.4) is 0 Å². The second-order valence-electron chi connectivity index (χ2n) is 7.37. The third-order valence-electron chi connectivity index (χ3n) is 5.41. The van der Waals surface area contributed by atoms with Crippen LogP contribution in [-0.2, 0) is 9.53 Å². The minimum atomic E-state index is -0.483. The molecule has 0 saturated heterocycles. The van der Waals surface area contributed by atoms with E-state index in [0.29, 0.717) is 23.9 Å². The number of rotatable bonds is 5. The number of ether oxygens (including phenoxy) is 2. The lowest BCUT2D eigenvalue weighted by atomic mass is 9.94. The number of nitrogens with one attached hydrogen (secondary N) is 1. The lowest BCUT2D eigenvalue weighted by Gasteiger charge is -2.31. The first-order valence-corrected chi connectivity index (χ1v) is 10.9. The quantitative estimate of drug-likeness (QED) is 0.656. The molecule has 154 valence electrons. The maximum Gasteiger partial charge on any atom is 0.338 e. The molecule has 29 heavy (non-hydrogen) atoms. The topological polar surface area (TPSA) is 78.3 Å². The standard InChI is InChI=1S/C21H25BrN4O3/c1-3-28-17-10-9-14(22)11-16(17)19-18(13(2)25-21-23-12-24-26(19)21)20(27)29-15-7-5-4-6-8-15/h9-12,15,19H,3-8H2,1-2H3,(H,23,24,25). The normalized spacial score (nSPS) is 19.5. The minimum absolute atomic E-state index is 0.0248. The average molecular weight is 461 g/mol. The van der Waals surface area contributed by atoms with Gasteiger partial charge in [-0.25, -0.2) is 9.48 Å². The van der Waals surface area contributed by atoms with Crippen molar-refractivity contribution >= 4 is 27.8 Å². The highest BCUT2D eigenvalue weighted by molar-refractivity contribution is 9.10. The van der Waals surface area contributed by atoms with E-state index >= 15 is 0 Å². The zero-order valence-electron chi connectivity index (χ0n) is 16.7. The predicted octanol–water partition coefficient (Wildman–Crippen LogP) is 4.60. The van der Waals surface area contributed by atoms with E-state index in [1.165, 1.54) is 12.7 Å². The molecule has 0 spiro atoms. The number of hydrogen-bond donors (Lipinski definition) is 1. The Bertz CT molecular complexity index is 934. The van der Waals surface area contributed by atoms with E-state index in [0.717, 1.165) is 41.4 Å². The van der Waals surface area contributed by atoms with Crippen LogP contribution in [0.15, 0.2) is 40.3 Å². The van der Waals surface area contributed by atoms with Crippen molar-refractivity contribution < 1.29 is 14.3 Å². The van der Waals surface area contributed by atoms with Gasteiger partial charge >= 0.3 is 5.97 Å². The average Bonchev–Trinajstić information content (AvgIpc) is 3.17. The number of esters is 1. The van der Waals surface area contributed by atoms with Gasteiger partial charge in [0.1, 0.15) is 24.2 Å². The SMILES string of the molecule is CCOc1ccc(Br)cc1C1C(C(=O)OC2CCCCC2)=C(C)Nc2ncnn21. The van der Waals surface area contributed by atoms with Crippen LogP contribution in [0.4, 0.5) is 5.95 Å². The molecule has 1 fully saturated rings. The molecular weight excluding hydrogens is 436 g/mol. The molecule has 1 saturated carbocycles. The highest BCUT2D eigenvalue weighted by Gasteiger charge is 2.37. The lowest BCUT2D eigenvalue weighted by molar-refractivity contribution is -0.146. The molecule has 2 heterocycles. The fourth-order valence-corrected chi connectivity index (χ4v) is 4.44. The first-order chi connectivity index (χ1) is 14.1. The summed E-state index contributed by atoms with van der Waals surface area (Å²) in [6.07, 6.45) is 6.71. The molecule has 2 aromatic rings. The zero-order valence-corrected chi connectivity index (χ0v) is 18.2. The number of halogens is 1. The number of allylic oxidation sites excluding steroid dienone is 1. The lowest BCUT2D eigenvalue weighted by Crippen LogP contribution is -2.32. The summed E-state index contributed by atoms with van der Waals surface area (Å²) in [6, 6.07) is 5.31. The van der Waals surface area contributed by atoms with E-state index in [-0.39, 0.29) is 12.1 Å². The van der Waals surface area contributed by atoms with Crippen LogP contribution in [0, 0.1) is 0 Å². The van der Waals surface area contributed by atoms with Crippen LogP contribution in [0.5, 0.6) is 5.75 Å². The van der Waals surface area contributed by atoms with E-state index in [1.807, 2.05) is 32.0 Å². The molecule has 1 aromatic heterocycles. The highest BCUT2D eigenvalue weighted by Crippen LogP contribution is 2.40. The van der Waals surface area contributed by atoms with Crippen LogP contribution in [0.2, 0.25) is 0 Å². The van der Waals surface area contributed by atoms with Crippen molar-refractivity contribution in [1.29, 1.82) is 0 Å². The monoisotopic (exact) mass is 460 g/mol. The van der Waals surface area contributed by atoms with Crippen molar-refractivity contribution in [3.63, 3.8) is 0 Å². The maximum atomic E-state index is 13.3. The summed E-state index contributed by atoms with van der Waals surface area (Å²) in [4.78, 5) is 17.6. The summed E-state index contributed by atoms with van der Waals surface area (Å²) < 4.78 is 14.4. The van der Waals surface area contributed by atoms with Crippen LogP contribution in [0.25, 0.3) is 0 Å². The van der Waals surface area contributed by atoms with Gasteiger partial charge in [-0.3, -0.25) is 0 Å². The van der Waals surface area contributed by atoms with E-state index in [1.54, 1.807) is 4.68 Å². The Kier molecular flexibility index (Phi) is 5.89. The molecule has 0 bridgehead atoms. The predicted molar refractivity (Wildman–Crippen MR) is 113 cm³/mol. The van der Waals surface area contributed by atoms with Gasteiger partial charge in [0.2, 0.25) is 5.95 Å². The van der Waals surface area contributed by atoms with E-state index in [9.17, 15) is 4.79 Å². The van der Waals surface area contributed by atoms with Gasteiger partial charge < -0.3 is 14.8 Å². The molecule has 0 amide bonds. The molecular formula is C21H25BrN4O3. The third-order valence-corrected chi connectivity index (χ3v) is 5.90. The van der Waals surface area contributed by atoms with Crippen LogP contribution >= 0.6 is 15.9 Å². The molecule has 8 heteroatoms. The first kappa shape index (κ1) is 19.9. The van der Waals surface area contributed by atoms with Crippen LogP contribution < -0.4 is 10.1 Å². The molecule has 1 unspecified atom stereocenters. The summed E-state index contributed by atoms with van der Waals surface area (Å²) in [7, 11) is 0. The molecule has 7 nitrogen and oxygen atoms in total.